The molecule has 82 valence electrons. The summed E-state index contributed by atoms with van der Waals surface area (Å²) in [5, 5.41) is 10.2. The van der Waals surface area contributed by atoms with Crippen molar-refractivity contribution < 1.29 is 9.84 Å². The van der Waals surface area contributed by atoms with E-state index in [-0.39, 0.29) is 5.25 Å². The quantitative estimate of drug-likeness (QED) is 0.837. The van der Waals surface area contributed by atoms with Gasteiger partial charge in [-0.05, 0) is 32.4 Å². The van der Waals surface area contributed by atoms with Gasteiger partial charge in [0.15, 0.2) is 0 Å². The predicted octanol–water partition coefficient (Wildman–Crippen LogP) is 2.48. The highest BCUT2D eigenvalue weighted by molar-refractivity contribution is 8.00. The first kappa shape index (κ1) is 10.8. The van der Waals surface area contributed by atoms with Gasteiger partial charge in [-0.15, -0.1) is 11.8 Å². The lowest BCUT2D eigenvalue weighted by molar-refractivity contribution is 0.0785. The number of hydrogen-bond acceptors (Lipinski definition) is 3. The number of rotatable bonds is 2. The molecule has 1 aromatic carbocycles. The summed E-state index contributed by atoms with van der Waals surface area (Å²) in [6, 6.07) is 6.07. The Labute approximate surface area is 94.6 Å². The molecule has 1 aliphatic heterocycles. The molecule has 0 bridgehead atoms. The molecular weight excluding hydrogens is 208 g/mol. The van der Waals surface area contributed by atoms with E-state index in [4.69, 9.17) is 4.74 Å². The van der Waals surface area contributed by atoms with Crippen LogP contribution in [0.2, 0.25) is 0 Å². The molecule has 15 heavy (non-hydrogen) atoms. The molecule has 0 aromatic heterocycles. The summed E-state index contributed by atoms with van der Waals surface area (Å²) in [5.74, 6) is 0.937. The zero-order valence-electron chi connectivity index (χ0n) is 9.28. The normalized spacial score (nSPS) is 20.1. The Bertz CT molecular complexity index is 368. The molecular formula is C12H16O2S. The van der Waals surface area contributed by atoms with E-state index < -0.39 is 5.60 Å². The van der Waals surface area contributed by atoms with Crippen LogP contribution < -0.4 is 4.74 Å². The molecule has 2 nitrogen and oxygen atoms in total. The summed E-state index contributed by atoms with van der Waals surface area (Å²) >= 11 is 1.74. The Morgan fingerprint density at radius 1 is 1.47 bits per heavy atom. The number of methoxy groups -OCH3 is 1. The highest BCUT2D eigenvalue weighted by atomic mass is 32.2. The van der Waals surface area contributed by atoms with Crippen LogP contribution in [0.5, 0.6) is 5.75 Å². The predicted molar refractivity (Wildman–Crippen MR) is 62.6 cm³/mol. The van der Waals surface area contributed by atoms with Gasteiger partial charge >= 0.3 is 0 Å². The van der Waals surface area contributed by atoms with Crippen LogP contribution in [0.1, 0.15) is 19.4 Å². The second-order valence-electron chi connectivity index (χ2n) is 4.40. The Kier molecular flexibility index (Phi) is 2.69. The summed E-state index contributed by atoms with van der Waals surface area (Å²) in [5.41, 5.74) is 0.589. The average Bonchev–Trinajstić information content (AvgIpc) is 2.59. The highest BCUT2D eigenvalue weighted by Gasteiger charge is 2.34. The van der Waals surface area contributed by atoms with Gasteiger partial charge in [0.25, 0.3) is 0 Å². The average molecular weight is 224 g/mol. The number of thioether (sulfide) groups is 1. The fraction of sp³-hybridized carbons (Fsp3) is 0.500. The number of hydrogen-bond donors (Lipinski definition) is 1. The molecule has 1 aromatic rings. The maximum absolute atomic E-state index is 9.99. The molecule has 1 unspecified atom stereocenters. The number of benzene rings is 1. The molecule has 0 fully saturated rings. The van der Waals surface area contributed by atoms with Crippen LogP contribution in [-0.4, -0.2) is 23.1 Å². The van der Waals surface area contributed by atoms with Crippen LogP contribution in [0, 0.1) is 0 Å². The second kappa shape index (κ2) is 3.72. The van der Waals surface area contributed by atoms with Crippen molar-refractivity contribution in [1.29, 1.82) is 0 Å². The zero-order chi connectivity index (χ0) is 11.1. The van der Waals surface area contributed by atoms with Crippen LogP contribution in [0.15, 0.2) is 23.1 Å². The fourth-order valence-corrected chi connectivity index (χ4v) is 3.15. The van der Waals surface area contributed by atoms with E-state index in [2.05, 4.69) is 6.07 Å². The standard InChI is InChI=1S/C12H16O2S/c1-12(2,13)11-7-8-9(14-3)5-4-6-10(8)15-11/h4-6,11,13H,7H2,1-3H3. The first-order valence-electron chi connectivity index (χ1n) is 5.07. The number of aliphatic hydroxyl groups is 1. The van der Waals surface area contributed by atoms with Crippen LogP contribution in [0.3, 0.4) is 0 Å². The maximum atomic E-state index is 9.99. The third kappa shape index (κ3) is 1.99. The molecule has 0 aliphatic carbocycles. The van der Waals surface area contributed by atoms with Crippen molar-refractivity contribution in [3.63, 3.8) is 0 Å². The van der Waals surface area contributed by atoms with Crippen molar-refractivity contribution >= 4 is 11.8 Å². The minimum Gasteiger partial charge on any atom is -0.496 e. The minimum atomic E-state index is -0.644. The van der Waals surface area contributed by atoms with Crippen molar-refractivity contribution in [2.24, 2.45) is 0 Å². The van der Waals surface area contributed by atoms with E-state index in [0.717, 1.165) is 12.2 Å². The maximum Gasteiger partial charge on any atom is 0.123 e. The molecule has 0 amide bonds. The van der Waals surface area contributed by atoms with Crippen LogP contribution in [-0.2, 0) is 6.42 Å². The van der Waals surface area contributed by atoms with Crippen LogP contribution in [0.4, 0.5) is 0 Å². The Morgan fingerprint density at radius 3 is 2.80 bits per heavy atom. The second-order valence-corrected chi connectivity index (χ2v) is 5.65. The number of ether oxygens (including phenoxy) is 1. The van der Waals surface area contributed by atoms with Gasteiger partial charge in [0.05, 0.1) is 12.7 Å². The molecule has 0 spiro atoms. The van der Waals surface area contributed by atoms with E-state index in [1.807, 2.05) is 26.0 Å². The van der Waals surface area contributed by atoms with E-state index in [1.54, 1.807) is 18.9 Å². The lowest BCUT2D eigenvalue weighted by Gasteiger charge is -2.24. The number of fused-ring (bicyclic) bond motifs is 1. The van der Waals surface area contributed by atoms with Gasteiger partial charge in [0.1, 0.15) is 5.75 Å². The molecule has 1 aliphatic rings. The van der Waals surface area contributed by atoms with Gasteiger partial charge in [-0.3, -0.25) is 0 Å². The Hall–Kier alpha value is -0.670. The van der Waals surface area contributed by atoms with Crippen LogP contribution in [0.25, 0.3) is 0 Å². The molecule has 0 saturated heterocycles. The van der Waals surface area contributed by atoms with Crippen molar-refractivity contribution in [2.75, 3.05) is 7.11 Å². The van der Waals surface area contributed by atoms with Crippen molar-refractivity contribution in [2.45, 2.75) is 36.0 Å². The fourth-order valence-electron chi connectivity index (χ4n) is 1.82. The van der Waals surface area contributed by atoms with Gasteiger partial charge in [0, 0.05) is 15.7 Å². The van der Waals surface area contributed by atoms with Crippen LogP contribution >= 0.6 is 11.8 Å². The molecule has 3 heteroatoms. The third-order valence-electron chi connectivity index (χ3n) is 2.76. The van der Waals surface area contributed by atoms with Crippen molar-refractivity contribution in [3.8, 4) is 5.75 Å². The SMILES string of the molecule is COc1cccc2c1CC(C(C)(C)O)S2. The van der Waals surface area contributed by atoms with Gasteiger partial charge in [-0.25, -0.2) is 0 Å². The Balaban J connectivity index is 2.31. The van der Waals surface area contributed by atoms with E-state index in [1.165, 1.54) is 10.5 Å². The first-order valence-corrected chi connectivity index (χ1v) is 5.95. The lowest BCUT2D eigenvalue weighted by Crippen LogP contribution is -2.32. The molecule has 0 radical (unpaired) electrons. The van der Waals surface area contributed by atoms with E-state index in [9.17, 15) is 5.11 Å². The molecule has 1 N–H and O–H groups in total. The molecule has 1 heterocycles. The topological polar surface area (TPSA) is 29.5 Å². The minimum absolute atomic E-state index is 0.226. The summed E-state index contributed by atoms with van der Waals surface area (Å²) in [6.07, 6.45) is 0.882. The lowest BCUT2D eigenvalue weighted by atomic mass is 9.98. The first-order chi connectivity index (χ1) is 7.02. The summed E-state index contributed by atoms with van der Waals surface area (Å²) < 4.78 is 5.32. The van der Waals surface area contributed by atoms with Gasteiger partial charge in [0.2, 0.25) is 0 Å². The Morgan fingerprint density at radius 2 is 2.20 bits per heavy atom. The summed E-state index contributed by atoms with van der Waals surface area (Å²) in [4.78, 5) is 1.24. The zero-order valence-corrected chi connectivity index (χ0v) is 10.1. The summed E-state index contributed by atoms with van der Waals surface area (Å²) in [6.45, 7) is 3.73. The van der Waals surface area contributed by atoms with Gasteiger partial charge in [-0.1, -0.05) is 6.07 Å². The largest absolute Gasteiger partial charge is 0.496 e. The van der Waals surface area contributed by atoms with Crippen molar-refractivity contribution in [1.82, 2.24) is 0 Å². The van der Waals surface area contributed by atoms with Gasteiger partial charge in [-0.2, -0.15) is 0 Å². The molecule has 0 saturated carbocycles. The highest BCUT2D eigenvalue weighted by Crippen LogP contribution is 2.45. The monoisotopic (exact) mass is 224 g/mol. The van der Waals surface area contributed by atoms with Gasteiger partial charge < -0.3 is 9.84 Å². The third-order valence-corrected chi connectivity index (χ3v) is 4.42. The smallest absolute Gasteiger partial charge is 0.123 e. The molecule has 2 rings (SSSR count). The van der Waals surface area contributed by atoms with E-state index in [0.29, 0.717) is 0 Å². The van der Waals surface area contributed by atoms with E-state index >= 15 is 0 Å². The summed E-state index contributed by atoms with van der Waals surface area (Å²) in [7, 11) is 1.69. The van der Waals surface area contributed by atoms with Crippen molar-refractivity contribution in [3.05, 3.63) is 23.8 Å². The molecule has 1 atom stereocenters.